The highest BCUT2D eigenvalue weighted by Gasteiger charge is 2.05. The van der Waals surface area contributed by atoms with Gasteiger partial charge in [0, 0.05) is 12.5 Å². The Morgan fingerprint density at radius 1 is 1.11 bits per heavy atom. The van der Waals surface area contributed by atoms with Crippen LogP contribution in [0.15, 0.2) is 42.5 Å². The highest BCUT2D eigenvalue weighted by atomic mass is 16.5. The summed E-state index contributed by atoms with van der Waals surface area (Å²) in [5.74, 6) is -0.769. The van der Waals surface area contributed by atoms with E-state index < -0.39 is 5.97 Å². The Bertz CT molecular complexity index is 512. The van der Waals surface area contributed by atoms with Crippen LogP contribution in [0.2, 0.25) is 0 Å². The lowest BCUT2D eigenvalue weighted by atomic mass is 10.2. The maximum atomic E-state index is 10.6. The molecule has 0 atom stereocenters. The van der Waals surface area contributed by atoms with E-state index in [9.17, 15) is 4.79 Å². The van der Waals surface area contributed by atoms with Gasteiger partial charge in [0.05, 0.1) is 6.61 Å². The van der Waals surface area contributed by atoms with E-state index in [4.69, 9.17) is 9.84 Å². The number of carboxylic acid groups (broad SMARTS) is 1. The zero-order valence-corrected chi connectivity index (χ0v) is 9.61. The molecular formula is C13H12N2O3. The van der Waals surface area contributed by atoms with E-state index in [0.717, 1.165) is 6.42 Å². The number of hydrogen-bond donors (Lipinski definition) is 1. The standard InChI is InChI=1S/C13H12N2O3/c16-13(17)11-6-7-12(15-14-11)18-9-8-10-4-2-1-3-5-10/h1-7H,8-9H2,(H,16,17). The second-order valence-corrected chi connectivity index (χ2v) is 3.65. The monoisotopic (exact) mass is 244 g/mol. The Balaban J connectivity index is 1.85. The Hall–Kier alpha value is -2.43. The summed E-state index contributed by atoms with van der Waals surface area (Å²) in [7, 11) is 0. The smallest absolute Gasteiger partial charge is 0.356 e. The minimum absolute atomic E-state index is 0.0922. The molecule has 0 amide bonds. The summed E-state index contributed by atoms with van der Waals surface area (Å²) in [6.07, 6.45) is 0.767. The quantitative estimate of drug-likeness (QED) is 0.868. The molecule has 0 saturated heterocycles. The molecule has 18 heavy (non-hydrogen) atoms. The average Bonchev–Trinajstić information content (AvgIpc) is 2.40. The Kier molecular flexibility index (Phi) is 3.86. The van der Waals surface area contributed by atoms with Gasteiger partial charge in [-0.25, -0.2) is 4.79 Å². The largest absolute Gasteiger partial charge is 0.476 e. The zero-order valence-electron chi connectivity index (χ0n) is 9.61. The van der Waals surface area contributed by atoms with Gasteiger partial charge in [-0.3, -0.25) is 0 Å². The first-order valence-electron chi connectivity index (χ1n) is 5.49. The van der Waals surface area contributed by atoms with Gasteiger partial charge in [-0.1, -0.05) is 30.3 Å². The minimum atomic E-state index is -1.10. The minimum Gasteiger partial charge on any atom is -0.476 e. The molecule has 92 valence electrons. The van der Waals surface area contributed by atoms with Crippen molar-refractivity contribution in [2.24, 2.45) is 0 Å². The molecule has 0 saturated carbocycles. The predicted octanol–water partition coefficient (Wildman–Crippen LogP) is 1.80. The molecule has 2 rings (SSSR count). The maximum Gasteiger partial charge on any atom is 0.356 e. The van der Waals surface area contributed by atoms with Crippen LogP contribution in [0.1, 0.15) is 16.1 Å². The van der Waals surface area contributed by atoms with Crippen molar-refractivity contribution in [2.75, 3.05) is 6.61 Å². The van der Waals surface area contributed by atoms with Crippen LogP contribution < -0.4 is 4.74 Å². The van der Waals surface area contributed by atoms with Crippen molar-refractivity contribution >= 4 is 5.97 Å². The van der Waals surface area contributed by atoms with E-state index >= 15 is 0 Å². The number of aromatic nitrogens is 2. The lowest BCUT2D eigenvalue weighted by Gasteiger charge is -2.04. The number of hydrogen-bond acceptors (Lipinski definition) is 4. The van der Waals surface area contributed by atoms with Gasteiger partial charge in [0.25, 0.3) is 0 Å². The molecule has 0 fully saturated rings. The molecule has 1 aromatic carbocycles. The van der Waals surface area contributed by atoms with Crippen LogP contribution in [0.3, 0.4) is 0 Å². The lowest BCUT2D eigenvalue weighted by Crippen LogP contribution is -2.06. The normalized spacial score (nSPS) is 10.0. The maximum absolute atomic E-state index is 10.6. The van der Waals surface area contributed by atoms with E-state index in [1.54, 1.807) is 0 Å². The summed E-state index contributed by atoms with van der Waals surface area (Å²) >= 11 is 0. The fraction of sp³-hybridized carbons (Fsp3) is 0.154. The molecule has 0 spiro atoms. The van der Waals surface area contributed by atoms with Gasteiger partial charge >= 0.3 is 5.97 Å². The first-order valence-corrected chi connectivity index (χ1v) is 5.49. The lowest BCUT2D eigenvalue weighted by molar-refractivity contribution is 0.0689. The van der Waals surface area contributed by atoms with Crippen LogP contribution in [0.5, 0.6) is 5.88 Å². The van der Waals surface area contributed by atoms with Gasteiger partial charge in [-0.15, -0.1) is 10.2 Å². The topological polar surface area (TPSA) is 72.3 Å². The first-order chi connectivity index (χ1) is 8.75. The third-order valence-corrected chi connectivity index (χ3v) is 2.34. The number of carbonyl (C=O) groups is 1. The molecule has 1 aromatic heterocycles. The molecule has 5 heteroatoms. The molecule has 0 unspecified atom stereocenters. The van der Waals surface area contributed by atoms with Crippen LogP contribution in [0, 0.1) is 0 Å². The van der Waals surface area contributed by atoms with E-state index in [0.29, 0.717) is 12.5 Å². The van der Waals surface area contributed by atoms with Crippen LogP contribution >= 0.6 is 0 Å². The first kappa shape index (κ1) is 12.0. The summed E-state index contributed by atoms with van der Waals surface area (Å²) in [5.41, 5.74) is 1.08. The van der Waals surface area contributed by atoms with Crippen LogP contribution in [0.4, 0.5) is 0 Å². The predicted molar refractivity (Wildman–Crippen MR) is 64.6 cm³/mol. The highest BCUT2D eigenvalue weighted by Crippen LogP contribution is 2.06. The number of ether oxygens (including phenoxy) is 1. The third-order valence-electron chi connectivity index (χ3n) is 2.34. The Labute approximate surface area is 104 Å². The fourth-order valence-electron chi connectivity index (χ4n) is 1.43. The van der Waals surface area contributed by atoms with Crippen LogP contribution in [-0.2, 0) is 6.42 Å². The molecule has 0 aliphatic carbocycles. The van der Waals surface area contributed by atoms with Crippen molar-refractivity contribution in [1.82, 2.24) is 10.2 Å². The number of rotatable bonds is 5. The summed E-state index contributed by atoms with van der Waals surface area (Å²) in [6.45, 7) is 0.477. The van der Waals surface area contributed by atoms with Crippen LogP contribution in [0.25, 0.3) is 0 Å². The van der Waals surface area contributed by atoms with Crippen LogP contribution in [-0.4, -0.2) is 27.9 Å². The number of aromatic carboxylic acids is 1. The van der Waals surface area contributed by atoms with Crippen molar-refractivity contribution in [3.05, 3.63) is 53.7 Å². The fourth-order valence-corrected chi connectivity index (χ4v) is 1.43. The third kappa shape index (κ3) is 3.28. The molecule has 1 N–H and O–H groups in total. The molecule has 0 aliphatic rings. The SMILES string of the molecule is O=C(O)c1ccc(OCCc2ccccc2)nn1. The summed E-state index contributed by atoms with van der Waals surface area (Å²) in [5, 5.41) is 15.9. The average molecular weight is 244 g/mol. The van der Waals surface area contributed by atoms with Gasteiger partial charge in [-0.05, 0) is 11.6 Å². The highest BCUT2D eigenvalue weighted by molar-refractivity contribution is 5.84. The number of nitrogens with zero attached hydrogens (tertiary/aromatic N) is 2. The van der Waals surface area contributed by atoms with E-state index in [1.165, 1.54) is 17.7 Å². The van der Waals surface area contributed by atoms with E-state index in [1.807, 2.05) is 30.3 Å². The van der Waals surface area contributed by atoms with Gasteiger partial charge < -0.3 is 9.84 Å². The molecule has 0 aliphatic heterocycles. The number of benzene rings is 1. The summed E-state index contributed by atoms with van der Waals surface area (Å²) in [6, 6.07) is 12.8. The Morgan fingerprint density at radius 2 is 1.89 bits per heavy atom. The summed E-state index contributed by atoms with van der Waals surface area (Å²) in [4.78, 5) is 10.6. The Morgan fingerprint density at radius 3 is 2.50 bits per heavy atom. The van der Waals surface area contributed by atoms with Gasteiger partial charge in [-0.2, -0.15) is 0 Å². The van der Waals surface area contributed by atoms with E-state index in [2.05, 4.69) is 10.2 Å². The molecule has 2 aromatic rings. The molecule has 0 bridgehead atoms. The van der Waals surface area contributed by atoms with Crippen molar-refractivity contribution in [3.8, 4) is 5.88 Å². The van der Waals surface area contributed by atoms with Crippen molar-refractivity contribution < 1.29 is 14.6 Å². The van der Waals surface area contributed by atoms with Gasteiger partial charge in [0.1, 0.15) is 0 Å². The molecule has 5 nitrogen and oxygen atoms in total. The second-order valence-electron chi connectivity index (χ2n) is 3.65. The second kappa shape index (κ2) is 5.77. The molecule has 0 radical (unpaired) electrons. The van der Waals surface area contributed by atoms with Gasteiger partial charge in [0.2, 0.25) is 5.88 Å². The van der Waals surface area contributed by atoms with E-state index in [-0.39, 0.29) is 5.69 Å². The molecule has 1 heterocycles. The number of carboxylic acids is 1. The zero-order chi connectivity index (χ0) is 12.8. The summed E-state index contributed by atoms with van der Waals surface area (Å²) < 4.78 is 5.38. The van der Waals surface area contributed by atoms with Crippen molar-refractivity contribution in [2.45, 2.75) is 6.42 Å². The van der Waals surface area contributed by atoms with Crippen molar-refractivity contribution in [3.63, 3.8) is 0 Å². The van der Waals surface area contributed by atoms with Gasteiger partial charge in [0.15, 0.2) is 5.69 Å². The molecular weight excluding hydrogens is 232 g/mol. The van der Waals surface area contributed by atoms with Crippen molar-refractivity contribution in [1.29, 1.82) is 0 Å².